The highest BCUT2D eigenvalue weighted by molar-refractivity contribution is 5.78. The van der Waals surface area contributed by atoms with E-state index in [1.54, 1.807) is 21.3 Å². The molecule has 1 aliphatic heterocycles. The Morgan fingerprint density at radius 3 is 2.21 bits per heavy atom. The van der Waals surface area contributed by atoms with Gasteiger partial charge in [-0.2, -0.15) is 0 Å². The third kappa shape index (κ3) is 4.57. The molecule has 0 aliphatic carbocycles. The van der Waals surface area contributed by atoms with E-state index < -0.39 is 0 Å². The second-order valence-corrected chi connectivity index (χ2v) is 6.96. The first kappa shape index (κ1) is 20.0. The first-order valence-electron chi connectivity index (χ1n) is 9.59. The minimum atomic E-state index is 0.203. The zero-order valence-electron chi connectivity index (χ0n) is 16.9. The van der Waals surface area contributed by atoms with Crippen molar-refractivity contribution in [3.8, 4) is 17.2 Å². The minimum Gasteiger partial charge on any atom is -0.493 e. The molecule has 28 heavy (non-hydrogen) atoms. The van der Waals surface area contributed by atoms with E-state index in [1.165, 1.54) is 4.90 Å². The monoisotopic (exact) mass is 385 g/mol. The highest BCUT2D eigenvalue weighted by Crippen LogP contribution is 2.39. The molecule has 0 spiro atoms. The fourth-order valence-electron chi connectivity index (χ4n) is 3.70. The highest BCUT2D eigenvalue weighted by Gasteiger charge is 2.26. The fraction of sp³-hybridized carbons (Fsp3) is 0.409. The number of piperazine rings is 1. The normalized spacial score (nSPS) is 14.6. The van der Waals surface area contributed by atoms with E-state index in [1.807, 2.05) is 47.4 Å². The van der Waals surface area contributed by atoms with Crippen molar-refractivity contribution in [1.82, 2.24) is 4.90 Å². The summed E-state index contributed by atoms with van der Waals surface area (Å²) in [6.07, 6.45) is 0.472. The number of quaternary nitrogens is 1. The molecule has 6 nitrogen and oxygen atoms in total. The van der Waals surface area contributed by atoms with Crippen molar-refractivity contribution in [2.45, 2.75) is 13.0 Å². The van der Waals surface area contributed by atoms with Gasteiger partial charge in [-0.1, -0.05) is 30.3 Å². The van der Waals surface area contributed by atoms with Crippen LogP contribution in [-0.4, -0.2) is 58.3 Å². The molecule has 0 aromatic heterocycles. The number of benzene rings is 2. The van der Waals surface area contributed by atoms with E-state index >= 15 is 0 Å². The Hall–Kier alpha value is -2.73. The van der Waals surface area contributed by atoms with E-state index in [2.05, 4.69) is 0 Å². The van der Waals surface area contributed by atoms with Gasteiger partial charge < -0.3 is 24.0 Å². The van der Waals surface area contributed by atoms with Crippen molar-refractivity contribution < 1.29 is 23.9 Å². The Balaban J connectivity index is 1.59. The molecule has 1 heterocycles. The van der Waals surface area contributed by atoms with Crippen LogP contribution in [0.1, 0.15) is 11.1 Å². The molecule has 0 unspecified atom stereocenters. The smallest absolute Gasteiger partial charge is 0.227 e. The Bertz CT molecular complexity index is 787. The summed E-state index contributed by atoms with van der Waals surface area (Å²) in [5, 5.41) is 0. The zero-order chi connectivity index (χ0) is 19.9. The lowest BCUT2D eigenvalue weighted by molar-refractivity contribution is -0.917. The summed E-state index contributed by atoms with van der Waals surface area (Å²) in [5.74, 6) is 2.21. The van der Waals surface area contributed by atoms with Gasteiger partial charge in [-0.15, -0.1) is 0 Å². The third-order valence-corrected chi connectivity index (χ3v) is 5.25. The minimum absolute atomic E-state index is 0.203. The van der Waals surface area contributed by atoms with Crippen LogP contribution in [0.5, 0.6) is 17.2 Å². The van der Waals surface area contributed by atoms with E-state index in [-0.39, 0.29) is 5.91 Å². The maximum atomic E-state index is 12.6. The standard InChI is InChI=1S/C22H28N2O4/c1-26-19-10-9-18(21(27-2)22(19)28-3)16-23-11-13-24(14-12-23)20(25)15-17-7-5-4-6-8-17/h4-10H,11-16H2,1-3H3/p+1. The molecule has 0 atom stereocenters. The molecule has 0 bridgehead atoms. The highest BCUT2D eigenvalue weighted by atomic mass is 16.5. The van der Waals surface area contributed by atoms with Crippen molar-refractivity contribution in [1.29, 1.82) is 0 Å². The summed E-state index contributed by atoms with van der Waals surface area (Å²) in [7, 11) is 4.89. The van der Waals surface area contributed by atoms with Crippen LogP contribution >= 0.6 is 0 Å². The Morgan fingerprint density at radius 2 is 1.61 bits per heavy atom. The van der Waals surface area contributed by atoms with Crippen LogP contribution in [0.15, 0.2) is 42.5 Å². The van der Waals surface area contributed by atoms with Gasteiger partial charge in [0.2, 0.25) is 11.7 Å². The van der Waals surface area contributed by atoms with E-state index in [0.717, 1.165) is 49.6 Å². The van der Waals surface area contributed by atoms with Crippen molar-refractivity contribution >= 4 is 5.91 Å². The van der Waals surface area contributed by atoms with Crippen LogP contribution in [0.25, 0.3) is 0 Å². The lowest BCUT2D eigenvalue weighted by Crippen LogP contribution is -3.13. The summed E-state index contributed by atoms with van der Waals surface area (Å²) in [6.45, 7) is 4.20. The number of hydrogen-bond acceptors (Lipinski definition) is 4. The van der Waals surface area contributed by atoms with Gasteiger partial charge in [-0.25, -0.2) is 0 Å². The largest absolute Gasteiger partial charge is 0.493 e. The topological polar surface area (TPSA) is 52.4 Å². The van der Waals surface area contributed by atoms with Gasteiger partial charge >= 0.3 is 0 Å². The molecule has 1 N–H and O–H groups in total. The summed E-state index contributed by atoms with van der Waals surface area (Å²) in [5.41, 5.74) is 2.15. The number of ether oxygens (including phenoxy) is 3. The molecule has 1 fully saturated rings. The van der Waals surface area contributed by atoms with Gasteiger partial charge in [0, 0.05) is 0 Å². The van der Waals surface area contributed by atoms with Gasteiger partial charge in [0.05, 0.1) is 59.5 Å². The molecule has 6 heteroatoms. The van der Waals surface area contributed by atoms with Crippen molar-refractivity contribution in [3.05, 3.63) is 53.6 Å². The van der Waals surface area contributed by atoms with Crippen LogP contribution in [0.2, 0.25) is 0 Å². The maximum absolute atomic E-state index is 12.6. The molecule has 1 aliphatic rings. The molecule has 1 amide bonds. The first-order valence-corrected chi connectivity index (χ1v) is 9.59. The molecule has 2 aromatic rings. The lowest BCUT2D eigenvalue weighted by Gasteiger charge is -2.32. The zero-order valence-corrected chi connectivity index (χ0v) is 16.9. The number of carbonyl (C=O) groups is 1. The molecule has 2 aromatic carbocycles. The van der Waals surface area contributed by atoms with Gasteiger partial charge in [0.1, 0.15) is 6.54 Å². The number of nitrogens with one attached hydrogen (secondary N) is 1. The summed E-state index contributed by atoms with van der Waals surface area (Å²) in [6, 6.07) is 13.9. The third-order valence-electron chi connectivity index (χ3n) is 5.25. The summed E-state index contributed by atoms with van der Waals surface area (Å²) < 4.78 is 16.4. The molecular formula is C22H29N2O4+. The number of hydrogen-bond donors (Lipinski definition) is 1. The van der Waals surface area contributed by atoms with E-state index in [4.69, 9.17) is 14.2 Å². The Labute approximate surface area is 166 Å². The number of nitrogens with zero attached hydrogens (tertiary/aromatic N) is 1. The number of methoxy groups -OCH3 is 3. The Kier molecular flexibility index (Phi) is 6.76. The fourth-order valence-corrected chi connectivity index (χ4v) is 3.70. The maximum Gasteiger partial charge on any atom is 0.227 e. The van der Waals surface area contributed by atoms with E-state index in [9.17, 15) is 4.79 Å². The summed E-state index contributed by atoms with van der Waals surface area (Å²) >= 11 is 0. The van der Waals surface area contributed by atoms with Crippen LogP contribution in [0, 0.1) is 0 Å². The average molecular weight is 385 g/mol. The van der Waals surface area contributed by atoms with Gasteiger partial charge in [-0.3, -0.25) is 4.79 Å². The quantitative estimate of drug-likeness (QED) is 0.778. The molecule has 0 radical (unpaired) electrons. The average Bonchev–Trinajstić information content (AvgIpc) is 2.74. The number of carbonyl (C=O) groups excluding carboxylic acids is 1. The second-order valence-electron chi connectivity index (χ2n) is 6.96. The SMILES string of the molecule is COc1ccc(C[NH+]2CCN(C(=O)Cc3ccccc3)CC2)c(OC)c1OC. The van der Waals surface area contributed by atoms with Crippen LogP contribution in [-0.2, 0) is 17.8 Å². The Morgan fingerprint density at radius 1 is 0.929 bits per heavy atom. The number of rotatable bonds is 7. The summed E-state index contributed by atoms with van der Waals surface area (Å²) in [4.78, 5) is 16.0. The molecular weight excluding hydrogens is 356 g/mol. The van der Waals surface area contributed by atoms with Crippen LogP contribution in [0.4, 0.5) is 0 Å². The van der Waals surface area contributed by atoms with Crippen molar-refractivity contribution in [2.75, 3.05) is 47.5 Å². The molecule has 3 rings (SSSR count). The van der Waals surface area contributed by atoms with Crippen molar-refractivity contribution in [2.24, 2.45) is 0 Å². The van der Waals surface area contributed by atoms with Gasteiger partial charge in [-0.05, 0) is 17.7 Å². The number of amides is 1. The molecule has 1 saturated heterocycles. The van der Waals surface area contributed by atoms with Crippen LogP contribution < -0.4 is 19.1 Å². The molecule has 0 saturated carbocycles. The van der Waals surface area contributed by atoms with Gasteiger partial charge in [0.25, 0.3) is 0 Å². The van der Waals surface area contributed by atoms with Crippen molar-refractivity contribution in [3.63, 3.8) is 0 Å². The first-order chi connectivity index (χ1) is 13.7. The van der Waals surface area contributed by atoms with Crippen LogP contribution in [0.3, 0.4) is 0 Å². The van der Waals surface area contributed by atoms with Gasteiger partial charge in [0.15, 0.2) is 11.5 Å². The lowest BCUT2D eigenvalue weighted by atomic mass is 10.1. The van der Waals surface area contributed by atoms with E-state index in [0.29, 0.717) is 17.9 Å². The predicted molar refractivity (Wildman–Crippen MR) is 107 cm³/mol. The molecule has 150 valence electrons. The second kappa shape index (κ2) is 9.46. The predicted octanol–water partition coefficient (Wildman–Crippen LogP) is 1.18.